The highest BCUT2D eigenvalue weighted by molar-refractivity contribution is 5.39. The number of aromatic amines is 1. The van der Waals surface area contributed by atoms with E-state index < -0.39 is 0 Å². The van der Waals surface area contributed by atoms with Gasteiger partial charge in [0, 0.05) is 5.92 Å². The first-order valence-corrected chi connectivity index (χ1v) is 7.56. The zero-order chi connectivity index (χ0) is 13.8. The molecule has 1 N–H and O–H groups in total. The molecule has 0 amide bonds. The zero-order valence-corrected chi connectivity index (χ0v) is 11.9. The maximum Gasteiger partial charge on any atom is 0.239 e. The molecule has 2 aromatic rings. The standard InChI is InChI=1S/C14H21N5O/c1-2-3-4-10-5-7-11(8-6-10)14-17-13(19-20-14)12-15-9-16-18-12/h9-11H,2-8H2,1H3,(H,15,16,18). The molecule has 0 saturated heterocycles. The summed E-state index contributed by atoms with van der Waals surface area (Å²) >= 11 is 0. The molecule has 1 fully saturated rings. The van der Waals surface area contributed by atoms with Crippen LogP contribution in [0, 0.1) is 5.92 Å². The van der Waals surface area contributed by atoms with Crippen LogP contribution in [0.25, 0.3) is 11.6 Å². The Labute approximate surface area is 118 Å². The van der Waals surface area contributed by atoms with E-state index >= 15 is 0 Å². The Morgan fingerprint density at radius 1 is 1.30 bits per heavy atom. The van der Waals surface area contributed by atoms with Crippen molar-refractivity contribution in [3.63, 3.8) is 0 Å². The van der Waals surface area contributed by atoms with Gasteiger partial charge >= 0.3 is 0 Å². The summed E-state index contributed by atoms with van der Waals surface area (Å²) in [6.45, 7) is 2.26. The molecule has 3 rings (SSSR count). The Kier molecular flexibility index (Phi) is 4.08. The topological polar surface area (TPSA) is 80.5 Å². The summed E-state index contributed by atoms with van der Waals surface area (Å²) in [6.07, 6.45) is 10.4. The highest BCUT2D eigenvalue weighted by Crippen LogP contribution is 2.37. The summed E-state index contributed by atoms with van der Waals surface area (Å²) in [5, 5.41) is 10.5. The Morgan fingerprint density at radius 3 is 2.85 bits per heavy atom. The van der Waals surface area contributed by atoms with Crippen LogP contribution in [0.2, 0.25) is 0 Å². The van der Waals surface area contributed by atoms with E-state index in [2.05, 4.69) is 32.2 Å². The van der Waals surface area contributed by atoms with E-state index in [0.29, 0.717) is 17.6 Å². The van der Waals surface area contributed by atoms with Gasteiger partial charge in [0.15, 0.2) is 5.82 Å². The van der Waals surface area contributed by atoms with Gasteiger partial charge in [-0.05, 0) is 31.6 Å². The summed E-state index contributed by atoms with van der Waals surface area (Å²) < 4.78 is 5.40. The quantitative estimate of drug-likeness (QED) is 0.905. The monoisotopic (exact) mass is 275 g/mol. The van der Waals surface area contributed by atoms with Crippen molar-refractivity contribution in [2.24, 2.45) is 5.92 Å². The number of rotatable bonds is 5. The molecule has 6 nitrogen and oxygen atoms in total. The van der Waals surface area contributed by atoms with Crippen molar-refractivity contribution < 1.29 is 4.52 Å². The summed E-state index contributed by atoms with van der Waals surface area (Å²) in [6, 6.07) is 0. The van der Waals surface area contributed by atoms with Crippen LogP contribution in [0.5, 0.6) is 0 Å². The number of hydrogen-bond donors (Lipinski definition) is 1. The summed E-state index contributed by atoms with van der Waals surface area (Å²) in [7, 11) is 0. The number of H-pyrrole nitrogens is 1. The molecule has 0 aliphatic heterocycles. The highest BCUT2D eigenvalue weighted by Gasteiger charge is 2.26. The van der Waals surface area contributed by atoms with E-state index in [1.54, 1.807) is 0 Å². The molecular weight excluding hydrogens is 254 g/mol. The lowest BCUT2D eigenvalue weighted by molar-refractivity contribution is 0.260. The third-order valence-electron chi connectivity index (χ3n) is 4.23. The lowest BCUT2D eigenvalue weighted by Gasteiger charge is -2.26. The number of nitrogens with zero attached hydrogens (tertiary/aromatic N) is 4. The molecule has 0 spiro atoms. The predicted molar refractivity (Wildman–Crippen MR) is 73.9 cm³/mol. The van der Waals surface area contributed by atoms with Gasteiger partial charge in [0.1, 0.15) is 6.33 Å². The largest absolute Gasteiger partial charge is 0.339 e. The fraction of sp³-hybridized carbons (Fsp3) is 0.714. The molecule has 6 heteroatoms. The van der Waals surface area contributed by atoms with Crippen LogP contribution in [0.4, 0.5) is 0 Å². The summed E-state index contributed by atoms with van der Waals surface area (Å²) in [5.74, 6) is 3.13. The van der Waals surface area contributed by atoms with E-state index in [9.17, 15) is 0 Å². The van der Waals surface area contributed by atoms with Crippen molar-refractivity contribution in [1.82, 2.24) is 25.3 Å². The van der Waals surface area contributed by atoms with E-state index in [1.165, 1.54) is 38.4 Å². The van der Waals surface area contributed by atoms with Crippen LogP contribution in [0.3, 0.4) is 0 Å². The minimum absolute atomic E-state index is 0.414. The fourth-order valence-corrected chi connectivity index (χ4v) is 3.00. The normalized spacial score (nSPS) is 23.1. The second-order valence-corrected chi connectivity index (χ2v) is 5.65. The number of nitrogens with one attached hydrogen (secondary N) is 1. The van der Waals surface area contributed by atoms with Crippen LogP contribution in [0.1, 0.15) is 63.7 Å². The predicted octanol–water partition coefficient (Wildman–Crippen LogP) is 3.32. The zero-order valence-electron chi connectivity index (χ0n) is 11.9. The first kappa shape index (κ1) is 13.3. The van der Waals surface area contributed by atoms with Crippen LogP contribution in [-0.4, -0.2) is 25.3 Å². The van der Waals surface area contributed by atoms with Crippen molar-refractivity contribution in [3.8, 4) is 11.6 Å². The van der Waals surface area contributed by atoms with Crippen molar-refractivity contribution in [2.75, 3.05) is 0 Å². The van der Waals surface area contributed by atoms with Crippen LogP contribution < -0.4 is 0 Å². The molecule has 0 atom stereocenters. The molecule has 0 radical (unpaired) electrons. The van der Waals surface area contributed by atoms with Gasteiger partial charge in [-0.15, -0.1) is 0 Å². The van der Waals surface area contributed by atoms with Gasteiger partial charge in [0.25, 0.3) is 0 Å². The van der Waals surface area contributed by atoms with Gasteiger partial charge in [0.2, 0.25) is 11.7 Å². The number of aromatic nitrogens is 5. The van der Waals surface area contributed by atoms with Crippen LogP contribution >= 0.6 is 0 Å². The van der Waals surface area contributed by atoms with Gasteiger partial charge in [-0.3, -0.25) is 5.10 Å². The SMILES string of the molecule is CCCCC1CCC(c2nc(-c3ncn[nH]3)no2)CC1. The average molecular weight is 275 g/mol. The lowest BCUT2D eigenvalue weighted by Crippen LogP contribution is -2.13. The second kappa shape index (κ2) is 6.15. The van der Waals surface area contributed by atoms with E-state index in [4.69, 9.17) is 4.52 Å². The average Bonchev–Trinajstić information content (AvgIpc) is 3.16. The smallest absolute Gasteiger partial charge is 0.239 e. The maximum atomic E-state index is 5.40. The maximum absolute atomic E-state index is 5.40. The Bertz CT molecular complexity index is 513. The Morgan fingerprint density at radius 2 is 2.15 bits per heavy atom. The fourth-order valence-electron chi connectivity index (χ4n) is 3.00. The van der Waals surface area contributed by atoms with E-state index in [0.717, 1.165) is 24.7 Å². The molecule has 1 aliphatic carbocycles. The van der Waals surface area contributed by atoms with Gasteiger partial charge in [-0.25, -0.2) is 4.98 Å². The molecule has 0 unspecified atom stereocenters. The number of unbranched alkanes of at least 4 members (excludes halogenated alkanes) is 1. The molecular formula is C14H21N5O. The molecule has 1 saturated carbocycles. The van der Waals surface area contributed by atoms with Crippen molar-refractivity contribution in [2.45, 2.75) is 57.8 Å². The van der Waals surface area contributed by atoms with Crippen molar-refractivity contribution in [1.29, 1.82) is 0 Å². The third kappa shape index (κ3) is 2.89. The van der Waals surface area contributed by atoms with Crippen molar-refractivity contribution >= 4 is 0 Å². The molecule has 1 aliphatic rings. The van der Waals surface area contributed by atoms with Gasteiger partial charge in [-0.2, -0.15) is 10.1 Å². The molecule has 0 aromatic carbocycles. The molecule has 20 heavy (non-hydrogen) atoms. The highest BCUT2D eigenvalue weighted by atomic mass is 16.5. The van der Waals surface area contributed by atoms with E-state index in [-0.39, 0.29) is 0 Å². The van der Waals surface area contributed by atoms with Gasteiger partial charge < -0.3 is 4.52 Å². The first-order chi connectivity index (χ1) is 9.86. The molecule has 108 valence electrons. The molecule has 2 aromatic heterocycles. The second-order valence-electron chi connectivity index (χ2n) is 5.65. The van der Waals surface area contributed by atoms with Crippen LogP contribution in [-0.2, 0) is 0 Å². The summed E-state index contributed by atoms with van der Waals surface area (Å²) in [5.41, 5.74) is 0. The van der Waals surface area contributed by atoms with E-state index in [1.807, 2.05) is 0 Å². The first-order valence-electron chi connectivity index (χ1n) is 7.56. The van der Waals surface area contributed by atoms with Gasteiger partial charge in [-0.1, -0.05) is 31.3 Å². The van der Waals surface area contributed by atoms with Crippen molar-refractivity contribution in [3.05, 3.63) is 12.2 Å². The molecule has 2 heterocycles. The third-order valence-corrected chi connectivity index (χ3v) is 4.23. The summed E-state index contributed by atoms with van der Waals surface area (Å²) in [4.78, 5) is 8.49. The van der Waals surface area contributed by atoms with Crippen LogP contribution in [0.15, 0.2) is 10.9 Å². The molecule has 0 bridgehead atoms. The Balaban J connectivity index is 1.58. The minimum atomic E-state index is 0.414. The lowest BCUT2D eigenvalue weighted by atomic mass is 9.80. The van der Waals surface area contributed by atoms with Gasteiger partial charge in [0.05, 0.1) is 0 Å². The Hall–Kier alpha value is -1.72. The number of hydrogen-bond acceptors (Lipinski definition) is 5. The minimum Gasteiger partial charge on any atom is -0.339 e.